The number of halogens is 2. The van der Waals surface area contributed by atoms with Crippen LogP contribution in [-0.4, -0.2) is 28.5 Å². The van der Waals surface area contributed by atoms with Crippen molar-refractivity contribution in [3.05, 3.63) is 73.7 Å². The maximum Gasteiger partial charge on any atom is 0.307 e. The average molecular weight is 533 g/mol. The van der Waals surface area contributed by atoms with Crippen LogP contribution in [0.2, 0.25) is 0 Å². The van der Waals surface area contributed by atoms with Gasteiger partial charge in [-0.3, -0.25) is 19.2 Å². The Balaban J connectivity index is 1.80. The summed E-state index contributed by atoms with van der Waals surface area (Å²) in [5, 5.41) is 12.2. The highest BCUT2D eigenvalue weighted by atomic mass is 79.9. The third-order valence-electron chi connectivity index (χ3n) is 5.44. The number of aliphatic carboxylic acids is 1. The van der Waals surface area contributed by atoms with Crippen molar-refractivity contribution in [3.63, 3.8) is 0 Å². The highest BCUT2D eigenvalue weighted by Crippen LogP contribution is 2.41. The predicted molar refractivity (Wildman–Crippen MR) is 117 cm³/mol. The number of carboxylic acids is 1. The van der Waals surface area contributed by atoms with Gasteiger partial charge in [0.2, 0.25) is 5.91 Å². The monoisotopic (exact) mass is 531 g/mol. The zero-order valence-electron chi connectivity index (χ0n) is 15.4. The number of ketones is 2. The molecule has 0 bridgehead atoms. The second-order valence-electron chi connectivity index (χ2n) is 7.15. The summed E-state index contributed by atoms with van der Waals surface area (Å²) < 4.78 is 0.847. The molecule has 2 aliphatic rings. The van der Waals surface area contributed by atoms with Crippen LogP contribution in [0.15, 0.2) is 51.4 Å². The minimum atomic E-state index is -1.04. The first kappa shape index (κ1) is 20.7. The molecule has 2 atom stereocenters. The lowest BCUT2D eigenvalue weighted by Crippen LogP contribution is -2.35. The predicted octanol–water partition coefficient (Wildman–Crippen LogP) is 4.59. The normalized spacial score (nSPS) is 19.8. The SMILES string of the molecule is O=C1c2ccccc2C(=O)c2c(NC(=O)C3CC=CCC3C(=O)O)c(Br)cc(Br)c21. The molecule has 2 unspecified atom stereocenters. The van der Waals surface area contributed by atoms with Crippen molar-refractivity contribution in [2.45, 2.75) is 12.8 Å². The summed E-state index contributed by atoms with van der Waals surface area (Å²) in [5.74, 6) is -3.87. The minimum Gasteiger partial charge on any atom is -0.481 e. The largest absolute Gasteiger partial charge is 0.481 e. The lowest BCUT2D eigenvalue weighted by molar-refractivity contribution is -0.146. The van der Waals surface area contributed by atoms with Gasteiger partial charge < -0.3 is 10.4 Å². The Hall–Kier alpha value is -2.58. The molecule has 2 aromatic rings. The summed E-state index contributed by atoms with van der Waals surface area (Å²) >= 11 is 6.73. The van der Waals surface area contributed by atoms with Gasteiger partial charge in [0, 0.05) is 20.1 Å². The van der Waals surface area contributed by atoms with E-state index in [1.165, 1.54) is 0 Å². The van der Waals surface area contributed by atoms with Crippen molar-refractivity contribution < 1.29 is 24.3 Å². The summed E-state index contributed by atoms with van der Waals surface area (Å²) in [6.45, 7) is 0. The van der Waals surface area contributed by atoms with Crippen molar-refractivity contribution in [2.24, 2.45) is 11.8 Å². The Labute approximate surface area is 188 Å². The van der Waals surface area contributed by atoms with E-state index >= 15 is 0 Å². The summed E-state index contributed by atoms with van der Waals surface area (Å²) in [6, 6.07) is 8.13. The third kappa shape index (κ3) is 3.33. The number of carboxylic acid groups (broad SMARTS) is 1. The topological polar surface area (TPSA) is 101 Å². The van der Waals surface area contributed by atoms with E-state index in [1.807, 2.05) is 0 Å². The molecule has 0 radical (unpaired) electrons. The number of allylic oxidation sites excluding steroid dienone is 2. The van der Waals surface area contributed by atoms with E-state index in [4.69, 9.17) is 0 Å². The van der Waals surface area contributed by atoms with Crippen LogP contribution in [0.25, 0.3) is 0 Å². The number of fused-ring (bicyclic) bond motifs is 2. The molecule has 0 spiro atoms. The fraction of sp³-hybridized carbons (Fsp3) is 0.182. The number of anilines is 1. The van der Waals surface area contributed by atoms with E-state index in [2.05, 4.69) is 37.2 Å². The van der Waals surface area contributed by atoms with E-state index < -0.39 is 23.7 Å². The van der Waals surface area contributed by atoms with Gasteiger partial charge in [-0.15, -0.1) is 0 Å². The fourth-order valence-corrected chi connectivity index (χ4v) is 5.37. The molecule has 0 saturated heterocycles. The highest BCUT2D eigenvalue weighted by molar-refractivity contribution is 9.11. The molecule has 152 valence electrons. The van der Waals surface area contributed by atoms with Crippen LogP contribution in [0, 0.1) is 11.8 Å². The Bertz CT molecular complexity index is 1150. The first-order chi connectivity index (χ1) is 14.3. The maximum absolute atomic E-state index is 13.3. The number of carbonyl (C=O) groups is 4. The van der Waals surface area contributed by atoms with Gasteiger partial charge in [-0.1, -0.05) is 36.4 Å². The standard InChI is InChI=1S/C22H15Br2NO5/c23-14-9-15(24)18(25-21(28)12-7-3-4-8-13(12)22(29)30)17-16(14)19(26)10-5-1-2-6-11(10)20(17)27/h1-6,9,12-13H,7-8H2,(H,25,28)(H,29,30). The Morgan fingerprint density at radius 3 is 2.07 bits per heavy atom. The first-order valence-electron chi connectivity index (χ1n) is 9.20. The van der Waals surface area contributed by atoms with Crippen LogP contribution < -0.4 is 5.32 Å². The van der Waals surface area contributed by atoms with Gasteiger partial charge in [0.05, 0.1) is 28.7 Å². The van der Waals surface area contributed by atoms with Gasteiger partial charge >= 0.3 is 5.97 Å². The van der Waals surface area contributed by atoms with Crippen molar-refractivity contribution in [2.75, 3.05) is 5.32 Å². The second kappa shape index (κ2) is 7.92. The molecule has 30 heavy (non-hydrogen) atoms. The zero-order valence-corrected chi connectivity index (χ0v) is 18.6. The number of carbonyl (C=O) groups excluding carboxylic acids is 3. The smallest absolute Gasteiger partial charge is 0.307 e. The molecular formula is C22H15Br2NO5. The van der Waals surface area contributed by atoms with E-state index in [-0.39, 0.29) is 46.8 Å². The lowest BCUT2D eigenvalue weighted by Gasteiger charge is -2.26. The summed E-state index contributed by atoms with van der Waals surface area (Å²) in [6.07, 6.45) is 4.08. The molecule has 2 N–H and O–H groups in total. The van der Waals surface area contributed by atoms with Crippen LogP contribution in [0.1, 0.15) is 44.7 Å². The number of hydrogen-bond donors (Lipinski definition) is 2. The van der Waals surface area contributed by atoms with Crippen LogP contribution in [-0.2, 0) is 9.59 Å². The lowest BCUT2D eigenvalue weighted by atomic mass is 9.81. The Morgan fingerprint density at radius 2 is 1.47 bits per heavy atom. The average Bonchev–Trinajstić information content (AvgIpc) is 2.73. The molecule has 0 heterocycles. The molecule has 2 aliphatic carbocycles. The molecule has 0 saturated carbocycles. The molecule has 4 rings (SSSR count). The second-order valence-corrected chi connectivity index (χ2v) is 8.86. The van der Waals surface area contributed by atoms with Crippen molar-refractivity contribution in [1.82, 2.24) is 0 Å². The van der Waals surface area contributed by atoms with Crippen molar-refractivity contribution >= 4 is 61.0 Å². The van der Waals surface area contributed by atoms with Crippen LogP contribution in [0.3, 0.4) is 0 Å². The van der Waals surface area contributed by atoms with Crippen LogP contribution in [0.5, 0.6) is 0 Å². The van der Waals surface area contributed by atoms with Gasteiger partial charge in [-0.25, -0.2) is 0 Å². The highest BCUT2D eigenvalue weighted by Gasteiger charge is 2.38. The maximum atomic E-state index is 13.3. The fourth-order valence-electron chi connectivity index (χ4n) is 3.93. The third-order valence-corrected chi connectivity index (χ3v) is 6.69. The molecular weight excluding hydrogens is 518 g/mol. The number of rotatable bonds is 3. The van der Waals surface area contributed by atoms with Gasteiger partial charge in [-0.05, 0) is 50.8 Å². The molecule has 8 heteroatoms. The number of amides is 1. The van der Waals surface area contributed by atoms with E-state index in [0.717, 1.165) is 0 Å². The molecule has 2 aromatic carbocycles. The van der Waals surface area contributed by atoms with Crippen LogP contribution >= 0.6 is 31.9 Å². The number of hydrogen-bond acceptors (Lipinski definition) is 4. The van der Waals surface area contributed by atoms with E-state index in [0.29, 0.717) is 14.5 Å². The quantitative estimate of drug-likeness (QED) is 0.480. The summed E-state index contributed by atoms with van der Waals surface area (Å²) in [5.41, 5.74) is 1.00. The molecule has 0 aliphatic heterocycles. The molecule has 0 fully saturated rings. The number of benzene rings is 2. The minimum absolute atomic E-state index is 0.0894. The molecule has 0 aromatic heterocycles. The Morgan fingerprint density at radius 1 is 0.900 bits per heavy atom. The summed E-state index contributed by atoms with van der Waals surface area (Å²) in [7, 11) is 0. The molecule has 6 nitrogen and oxygen atoms in total. The molecule has 1 amide bonds. The summed E-state index contributed by atoms with van der Waals surface area (Å²) in [4.78, 5) is 50.9. The number of nitrogens with one attached hydrogen (secondary N) is 1. The van der Waals surface area contributed by atoms with Crippen molar-refractivity contribution in [3.8, 4) is 0 Å². The first-order valence-corrected chi connectivity index (χ1v) is 10.8. The van der Waals surface area contributed by atoms with Crippen molar-refractivity contribution in [1.29, 1.82) is 0 Å². The van der Waals surface area contributed by atoms with Gasteiger partial charge in [0.25, 0.3) is 0 Å². The van der Waals surface area contributed by atoms with Gasteiger partial charge in [0.15, 0.2) is 11.6 Å². The van der Waals surface area contributed by atoms with E-state index in [1.54, 1.807) is 42.5 Å². The van der Waals surface area contributed by atoms with Gasteiger partial charge in [-0.2, -0.15) is 0 Å². The Kier molecular flexibility index (Phi) is 5.46. The zero-order chi connectivity index (χ0) is 21.6. The van der Waals surface area contributed by atoms with Crippen LogP contribution in [0.4, 0.5) is 5.69 Å². The van der Waals surface area contributed by atoms with Gasteiger partial charge in [0.1, 0.15) is 0 Å². The van der Waals surface area contributed by atoms with E-state index in [9.17, 15) is 24.3 Å².